The second-order valence-corrected chi connectivity index (χ2v) is 9.77. The number of hydrogen-bond donors (Lipinski definition) is 3. The molecule has 1 aliphatic carbocycles. The molecule has 2 aromatic carbocycles. The third-order valence-electron chi connectivity index (χ3n) is 7.44. The molecule has 4 N–H and O–H groups in total. The number of rotatable bonds is 9. The van der Waals surface area contributed by atoms with Crippen LogP contribution in [0.2, 0.25) is 0 Å². The second-order valence-electron chi connectivity index (χ2n) is 9.77. The highest BCUT2D eigenvalue weighted by Crippen LogP contribution is 2.36. The van der Waals surface area contributed by atoms with Crippen molar-refractivity contribution in [2.24, 2.45) is 11.7 Å². The Labute approximate surface area is 216 Å². The van der Waals surface area contributed by atoms with Gasteiger partial charge in [-0.05, 0) is 68.0 Å². The zero-order valence-electron chi connectivity index (χ0n) is 21.3. The van der Waals surface area contributed by atoms with Crippen molar-refractivity contribution < 1.29 is 23.0 Å². The van der Waals surface area contributed by atoms with Gasteiger partial charge in [-0.2, -0.15) is 0 Å². The first-order valence-electron chi connectivity index (χ1n) is 12.7. The fourth-order valence-electron chi connectivity index (χ4n) is 5.28. The van der Waals surface area contributed by atoms with Gasteiger partial charge in [0.1, 0.15) is 11.6 Å². The van der Waals surface area contributed by atoms with Crippen LogP contribution in [0.5, 0.6) is 0 Å². The van der Waals surface area contributed by atoms with Gasteiger partial charge in [-0.15, -0.1) is 0 Å². The zero-order valence-corrected chi connectivity index (χ0v) is 21.3. The normalized spacial score (nSPS) is 23.9. The summed E-state index contributed by atoms with van der Waals surface area (Å²) in [4.78, 5) is 12.1. The Hall–Kier alpha value is -3.07. The molecule has 0 amide bonds. The molecule has 0 spiro atoms. The first kappa shape index (κ1) is 27.0. The molecule has 2 aliphatic rings. The summed E-state index contributed by atoms with van der Waals surface area (Å²) < 4.78 is 37.9. The molecule has 1 aliphatic heterocycles. The van der Waals surface area contributed by atoms with Gasteiger partial charge in [-0.25, -0.2) is 13.6 Å². The van der Waals surface area contributed by atoms with Gasteiger partial charge in [0.2, 0.25) is 0 Å². The van der Waals surface area contributed by atoms with Gasteiger partial charge in [0, 0.05) is 49.0 Å². The van der Waals surface area contributed by atoms with Crippen LogP contribution in [0.1, 0.15) is 53.6 Å². The van der Waals surface area contributed by atoms with Crippen molar-refractivity contribution in [3.63, 3.8) is 0 Å². The predicted molar refractivity (Wildman–Crippen MR) is 142 cm³/mol. The molecule has 0 saturated heterocycles. The molecule has 6 nitrogen and oxygen atoms in total. The van der Waals surface area contributed by atoms with Crippen molar-refractivity contribution in [3.8, 4) is 0 Å². The highest BCUT2D eigenvalue weighted by molar-refractivity contribution is 5.97. The van der Waals surface area contributed by atoms with Gasteiger partial charge < -0.3 is 25.8 Å². The van der Waals surface area contributed by atoms with Gasteiger partial charge >= 0.3 is 5.97 Å². The molecule has 1 fully saturated rings. The van der Waals surface area contributed by atoms with Crippen LogP contribution >= 0.6 is 0 Å². The number of benzene rings is 2. The molecule has 1 saturated carbocycles. The molecular formula is C29H35F2N3O3. The van der Waals surface area contributed by atoms with Crippen LogP contribution in [0.15, 0.2) is 48.6 Å². The SMILES string of the molecule is COC(=O)c1cccc2c1C=CC(C[C@@H](N)C1CCC(NC/C=C/c3cc(F)ccc3F)CC1)(OC)N2. The summed E-state index contributed by atoms with van der Waals surface area (Å²) in [7, 11) is 3.03. The number of halogens is 2. The van der Waals surface area contributed by atoms with Crippen LogP contribution in [0.25, 0.3) is 12.2 Å². The molecule has 1 unspecified atom stereocenters. The minimum absolute atomic E-state index is 0.0702. The van der Waals surface area contributed by atoms with E-state index in [-0.39, 0.29) is 17.6 Å². The summed E-state index contributed by atoms with van der Waals surface area (Å²) in [6, 6.07) is 9.20. The van der Waals surface area contributed by atoms with Gasteiger partial charge in [-0.3, -0.25) is 0 Å². The van der Waals surface area contributed by atoms with Crippen molar-refractivity contribution in [1.82, 2.24) is 5.32 Å². The van der Waals surface area contributed by atoms with Crippen molar-refractivity contribution >= 4 is 23.8 Å². The number of esters is 1. The number of nitrogens with one attached hydrogen (secondary N) is 2. The lowest BCUT2D eigenvalue weighted by Gasteiger charge is -2.40. The van der Waals surface area contributed by atoms with E-state index in [1.165, 1.54) is 13.2 Å². The lowest BCUT2D eigenvalue weighted by molar-refractivity contribution is 0.0355. The van der Waals surface area contributed by atoms with Crippen molar-refractivity contribution in [1.29, 1.82) is 0 Å². The standard InChI is InChI=1S/C29H35F2N3O3/c1-36-28(35)24-6-3-7-27-23(24)14-15-29(34-27,37-2)18-26(32)19-8-11-22(12-9-19)33-16-4-5-20-17-21(30)10-13-25(20)31/h3-7,10,13-15,17,19,22,26,33-34H,8-9,11-12,16,18,32H2,1-2H3/b5-4+/t19?,22?,26-,29?/m1/s1. The van der Waals surface area contributed by atoms with E-state index < -0.39 is 17.4 Å². The van der Waals surface area contributed by atoms with Crippen molar-refractivity contribution in [2.45, 2.75) is 49.9 Å². The quantitative estimate of drug-likeness (QED) is 0.406. The number of carbonyl (C=O) groups excluding carboxylic acids is 1. The molecule has 4 rings (SSSR count). The maximum atomic E-state index is 13.7. The first-order valence-corrected chi connectivity index (χ1v) is 12.7. The Balaban J connectivity index is 1.28. The molecule has 37 heavy (non-hydrogen) atoms. The Bertz CT molecular complexity index is 1160. The molecule has 198 valence electrons. The molecule has 2 aromatic rings. The summed E-state index contributed by atoms with van der Waals surface area (Å²) in [5.41, 5.74) is 8.26. The minimum Gasteiger partial charge on any atom is -0.465 e. The molecule has 1 heterocycles. The summed E-state index contributed by atoms with van der Waals surface area (Å²) in [6.07, 6.45) is 11.8. The Morgan fingerprint density at radius 2 is 2.00 bits per heavy atom. The van der Waals surface area contributed by atoms with E-state index >= 15 is 0 Å². The Morgan fingerprint density at radius 1 is 1.22 bits per heavy atom. The maximum absolute atomic E-state index is 13.7. The van der Waals surface area contributed by atoms with Crippen LogP contribution in [0.4, 0.5) is 14.5 Å². The number of anilines is 1. The third-order valence-corrected chi connectivity index (χ3v) is 7.44. The van der Waals surface area contributed by atoms with E-state index in [0.717, 1.165) is 49.1 Å². The van der Waals surface area contributed by atoms with Crippen molar-refractivity contribution in [2.75, 3.05) is 26.1 Å². The van der Waals surface area contributed by atoms with E-state index in [4.69, 9.17) is 15.2 Å². The highest BCUT2D eigenvalue weighted by atomic mass is 19.1. The average molecular weight is 512 g/mol. The molecule has 8 heteroatoms. The topological polar surface area (TPSA) is 85.6 Å². The maximum Gasteiger partial charge on any atom is 0.338 e. The van der Waals surface area contributed by atoms with Gasteiger partial charge in [-0.1, -0.05) is 24.3 Å². The van der Waals surface area contributed by atoms with Crippen LogP contribution in [0.3, 0.4) is 0 Å². The Kier molecular flexibility index (Phi) is 8.74. The van der Waals surface area contributed by atoms with Gasteiger partial charge in [0.15, 0.2) is 5.72 Å². The number of nitrogens with two attached hydrogens (primary N) is 1. The smallest absolute Gasteiger partial charge is 0.338 e. The molecule has 0 aromatic heterocycles. The highest BCUT2D eigenvalue weighted by Gasteiger charge is 2.36. The number of methoxy groups -OCH3 is 2. The lowest BCUT2D eigenvalue weighted by Crippen LogP contribution is -2.48. The first-order chi connectivity index (χ1) is 17.8. The van der Waals surface area contributed by atoms with E-state index in [1.807, 2.05) is 30.4 Å². The third kappa shape index (κ3) is 6.44. The number of carbonyl (C=O) groups is 1. The van der Waals surface area contributed by atoms with Crippen molar-refractivity contribution in [3.05, 3.63) is 76.9 Å². The molecule has 0 bridgehead atoms. The van der Waals surface area contributed by atoms with E-state index in [0.29, 0.717) is 30.5 Å². The lowest BCUT2D eigenvalue weighted by atomic mass is 9.79. The minimum atomic E-state index is -0.757. The van der Waals surface area contributed by atoms with Crippen LogP contribution in [-0.4, -0.2) is 44.5 Å². The fraction of sp³-hybridized carbons (Fsp3) is 0.414. The summed E-state index contributed by atoms with van der Waals surface area (Å²) in [6.45, 7) is 0.589. The van der Waals surface area contributed by atoms with Crippen LogP contribution in [0, 0.1) is 17.6 Å². The van der Waals surface area contributed by atoms with Gasteiger partial charge in [0.25, 0.3) is 0 Å². The summed E-state index contributed by atoms with van der Waals surface area (Å²) in [5.74, 6) is -0.907. The predicted octanol–water partition coefficient (Wildman–Crippen LogP) is 5.11. The zero-order chi connectivity index (χ0) is 26.4. The fourth-order valence-corrected chi connectivity index (χ4v) is 5.28. The van der Waals surface area contributed by atoms with Crippen LogP contribution < -0.4 is 16.4 Å². The molecule has 0 radical (unpaired) electrons. The van der Waals surface area contributed by atoms with E-state index in [1.54, 1.807) is 19.3 Å². The molecule has 2 atom stereocenters. The number of ether oxygens (including phenoxy) is 2. The molecular weight excluding hydrogens is 476 g/mol. The van der Waals surface area contributed by atoms with Gasteiger partial charge in [0.05, 0.1) is 12.7 Å². The van der Waals surface area contributed by atoms with E-state index in [2.05, 4.69) is 10.6 Å². The number of fused-ring (bicyclic) bond motifs is 1. The second kappa shape index (κ2) is 12.0. The monoisotopic (exact) mass is 511 g/mol. The van der Waals surface area contributed by atoms with E-state index in [9.17, 15) is 13.6 Å². The largest absolute Gasteiger partial charge is 0.465 e. The van der Waals surface area contributed by atoms with Crippen LogP contribution in [-0.2, 0) is 9.47 Å². The number of hydrogen-bond acceptors (Lipinski definition) is 6. The average Bonchev–Trinajstić information content (AvgIpc) is 2.92. The summed E-state index contributed by atoms with van der Waals surface area (Å²) >= 11 is 0. The summed E-state index contributed by atoms with van der Waals surface area (Å²) in [5, 5.41) is 6.93. The Morgan fingerprint density at radius 3 is 2.73 bits per heavy atom.